The van der Waals surface area contributed by atoms with Gasteiger partial charge in [0.15, 0.2) is 5.69 Å². The van der Waals surface area contributed by atoms with Crippen LogP contribution in [0.2, 0.25) is 0 Å². The highest BCUT2D eigenvalue weighted by atomic mass is 19.4. The highest BCUT2D eigenvalue weighted by Gasteiger charge is 2.60. The van der Waals surface area contributed by atoms with Crippen LogP contribution in [0.3, 0.4) is 0 Å². The van der Waals surface area contributed by atoms with Gasteiger partial charge in [0, 0.05) is 45.5 Å². The number of pyridine rings is 1. The van der Waals surface area contributed by atoms with Crippen LogP contribution in [0.5, 0.6) is 0 Å². The molecule has 3 atom stereocenters. The molecule has 0 aromatic carbocycles. The molecule has 0 radical (unpaired) electrons. The molecule has 0 spiro atoms. The average molecular weight is 462 g/mol. The van der Waals surface area contributed by atoms with E-state index >= 15 is 0 Å². The fourth-order valence-corrected chi connectivity index (χ4v) is 6.45. The molecule has 2 aliphatic carbocycles. The predicted molar refractivity (Wildman–Crippen MR) is 116 cm³/mol. The van der Waals surface area contributed by atoms with Crippen molar-refractivity contribution < 1.29 is 20.6 Å². The number of likely N-dealkylation sites (tertiary alicyclic amines) is 1. The van der Waals surface area contributed by atoms with Crippen molar-refractivity contribution >= 4 is 5.82 Å². The predicted octanol–water partition coefficient (Wildman–Crippen LogP) is 4.25. The van der Waals surface area contributed by atoms with E-state index in [1.165, 1.54) is 18.2 Å². The van der Waals surface area contributed by atoms with Crippen molar-refractivity contribution in [3.05, 3.63) is 36.2 Å². The second-order valence-corrected chi connectivity index (χ2v) is 10.4. The van der Waals surface area contributed by atoms with Gasteiger partial charge in [-0.3, -0.25) is 4.98 Å². The Balaban J connectivity index is 1.08. The number of nitrogens with one attached hydrogen (secondary N) is 1. The maximum absolute atomic E-state index is 13.3. The van der Waals surface area contributed by atoms with Crippen LogP contribution in [-0.2, 0) is 10.9 Å². The lowest BCUT2D eigenvalue weighted by Crippen LogP contribution is -2.48. The Bertz CT molecular complexity index is 1110. The Labute approximate surface area is 193 Å². The quantitative estimate of drug-likeness (QED) is 0.718. The molecule has 5 heterocycles. The molecule has 5 fully saturated rings. The van der Waals surface area contributed by atoms with Gasteiger partial charge in [-0.05, 0) is 68.7 Å². The lowest BCUT2D eigenvalue weighted by Gasteiger charge is -2.44. The molecule has 9 heteroatoms. The molecule has 2 saturated carbocycles. The van der Waals surface area contributed by atoms with Crippen molar-refractivity contribution in [1.82, 2.24) is 20.1 Å². The van der Waals surface area contributed by atoms with Crippen LogP contribution >= 0.6 is 0 Å². The first-order valence-electron chi connectivity index (χ1n) is 12.5. The zero-order valence-corrected chi connectivity index (χ0v) is 18.4. The normalized spacial score (nSPS) is 36.8. The van der Waals surface area contributed by atoms with Crippen molar-refractivity contribution in [2.75, 3.05) is 31.5 Å². The lowest BCUT2D eigenvalue weighted by atomic mass is 9.63. The second-order valence-electron chi connectivity index (χ2n) is 10.4. The summed E-state index contributed by atoms with van der Waals surface area (Å²) in [5.41, 5.74) is -1.46. The number of hydrogen-bond donors (Lipinski definition) is 1. The highest BCUT2D eigenvalue weighted by Crippen LogP contribution is 2.58. The van der Waals surface area contributed by atoms with E-state index in [4.69, 9.17) is 7.48 Å². The van der Waals surface area contributed by atoms with Crippen LogP contribution in [-0.4, -0.2) is 57.9 Å². The molecule has 1 N–H and O–H groups in total. The minimum atomic E-state index is -4.57. The maximum atomic E-state index is 13.3. The van der Waals surface area contributed by atoms with Crippen LogP contribution in [0, 0.1) is 17.3 Å². The Morgan fingerprint density at radius 3 is 2.55 bits per heavy atom. The first-order chi connectivity index (χ1) is 16.5. The molecular weight excluding hydrogens is 431 g/mol. The number of alkyl halides is 3. The fraction of sp³-hybridized carbons (Fsp3) is 0.625. The SMILES string of the molecule is [2H]C([2H])(N1C[C@H]2CC(Nc3ccc(-c4cccnc4C(F)(F)F)nn3)C[C@H]2C1)C12COC(C)(C1)C2. The fourth-order valence-electron chi connectivity index (χ4n) is 6.45. The van der Waals surface area contributed by atoms with Gasteiger partial charge in [-0.1, -0.05) is 0 Å². The second kappa shape index (κ2) is 7.37. The van der Waals surface area contributed by atoms with Gasteiger partial charge in [0.05, 0.1) is 17.9 Å². The molecule has 2 bridgehead atoms. The molecule has 1 unspecified atom stereocenters. The van der Waals surface area contributed by atoms with E-state index in [1.54, 1.807) is 6.07 Å². The smallest absolute Gasteiger partial charge is 0.375 e. The van der Waals surface area contributed by atoms with E-state index in [0.717, 1.165) is 45.0 Å². The van der Waals surface area contributed by atoms with Crippen LogP contribution in [0.15, 0.2) is 30.5 Å². The number of hydrogen-bond acceptors (Lipinski definition) is 6. The summed E-state index contributed by atoms with van der Waals surface area (Å²) in [7, 11) is 0. The van der Waals surface area contributed by atoms with Crippen molar-refractivity contribution in [3.8, 4) is 11.3 Å². The number of rotatable bonds is 5. The minimum Gasteiger partial charge on any atom is -0.375 e. The number of ether oxygens (including phenoxy) is 1. The molecule has 3 aliphatic heterocycles. The van der Waals surface area contributed by atoms with E-state index in [-0.39, 0.29) is 28.3 Å². The van der Waals surface area contributed by atoms with Gasteiger partial charge >= 0.3 is 6.18 Å². The van der Waals surface area contributed by atoms with Crippen LogP contribution in [0.4, 0.5) is 19.0 Å². The molecule has 2 aromatic heterocycles. The van der Waals surface area contributed by atoms with Gasteiger partial charge in [-0.25, -0.2) is 0 Å². The third-order valence-electron chi connectivity index (χ3n) is 7.64. The van der Waals surface area contributed by atoms with Crippen LogP contribution < -0.4 is 5.32 Å². The summed E-state index contributed by atoms with van der Waals surface area (Å²) in [6.07, 6.45) is -0.0550. The summed E-state index contributed by atoms with van der Waals surface area (Å²) in [5.74, 6) is 1.34. The first kappa shape index (κ1) is 19.1. The Kier molecular flexibility index (Phi) is 4.26. The summed E-state index contributed by atoms with van der Waals surface area (Å²) in [5, 5.41) is 11.5. The third-order valence-corrected chi connectivity index (χ3v) is 7.64. The average Bonchev–Trinajstić information content (AvgIpc) is 3.52. The lowest BCUT2D eigenvalue weighted by molar-refractivity contribution is -0.140. The summed E-state index contributed by atoms with van der Waals surface area (Å²) in [6.45, 7) is 2.69. The van der Waals surface area contributed by atoms with Crippen LogP contribution in [0.1, 0.15) is 41.0 Å². The minimum absolute atomic E-state index is 0.0947. The third kappa shape index (κ3) is 3.89. The first-order valence-corrected chi connectivity index (χ1v) is 11.5. The number of halogens is 3. The van der Waals surface area contributed by atoms with E-state index in [2.05, 4.69) is 27.4 Å². The van der Waals surface area contributed by atoms with Gasteiger partial charge in [0.25, 0.3) is 0 Å². The summed E-state index contributed by atoms with van der Waals surface area (Å²) < 4.78 is 63.5. The number of fused-ring (bicyclic) bond motifs is 2. The Morgan fingerprint density at radius 1 is 1.18 bits per heavy atom. The largest absolute Gasteiger partial charge is 0.434 e. The van der Waals surface area contributed by atoms with Crippen molar-refractivity contribution in [2.45, 2.75) is 50.4 Å². The summed E-state index contributed by atoms with van der Waals surface area (Å²) >= 11 is 0. The zero-order valence-electron chi connectivity index (χ0n) is 20.4. The molecule has 5 aliphatic rings. The summed E-state index contributed by atoms with van der Waals surface area (Å²) in [4.78, 5) is 5.51. The van der Waals surface area contributed by atoms with Gasteiger partial charge in [-0.2, -0.15) is 13.2 Å². The molecule has 0 amide bonds. The van der Waals surface area contributed by atoms with E-state index < -0.39 is 18.4 Å². The topological polar surface area (TPSA) is 63.2 Å². The zero-order chi connectivity index (χ0) is 24.6. The monoisotopic (exact) mass is 461 g/mol. The number of anilines is 1. The maximum Gasteiger partial charge on any atom is 0.434 e. The Hall–Kier alpha value is -2.26. The number of nitrogens with zero attached hydrogens (tertiary/aromatic N) is 4. The van der Waals surface area contributed by atoms with Gasteiger partial charge in [0.2, 0.25) is 0 Å². The van der Waals surface area contributed by atoms with E-state index in [0.29, 0.717) is 24.3 Å². The van der Waals surface area contributed by atoms with Crippen molar-refractivity contribution in [1.29, 1.82) is 0 Å². The molecule has 7 rings (SSSR count). The van der Waals surface area contributed by atoms with Crippen molar-refractivity contribution in [3.63, 3.8) is 0 Å². The molecule has 6 nitrogen and oxygen atoms in total. The van der Waals surface area contributed by atoms with E-state index in [1.807, 2.05) is 4.90 Å². The molecule has 176 valence electrons. The van der Waals surface area contributed by atoms with Gasteiger partial charge < -0.3 is 15.0 Å². The summed E-state index contributed by atoms with van der Waals surface area (Å²) in [6, 6.07) is 6.16. The van der Waals surface area contributed by atoms with Crippen LogP contribution in [0.25, 0.3) is 11.3 Å². The highest BCUT2D eigenvalue weighted by molar-refractivity contribution is 5.62. The molecule has 2 aromatic rings. The number of aromatic nitrogens is 3. The van der Waals surface area contributed by atoms with Gasteiger partial charge in [-0.15, -0.1) is 10.2 Å². The Morgan fingerprint density at radius 2 is 1.94 bits per heavy atom. The molecule has 3 saturated heterocycles. The molecule has 33 heavy (non-hydrogen) atoms. The van der Waals surface area contributed by atoms with Gasteiger partial charge in [0.1, 0.15) is 5.82 Å². The standard InChI is InChI=1S/C24H28F3N5O/c1-22-11-23(12-22,14-33-22)13-32-9-15-7-17(8-16(15)10-32)29-20-5-4-19(30-31-20)18-3-2-6-28-21(18)24(25,26)27/h2-6,15-17H,7-14H2,1H3,(H,29,31)/t15-,16+,17?,22?,23?/i13D2. The molecular formula is C24H28F3N5O. The van der Waals surface area contributed by atoms with E-state index in [9.17, 15) is 13.2 Å². The van der Waals surface area contributed by atoms with Crippen molar-refractivity contribution in [2.24, 2.45) is 17.3 Å².